The highest BCUT2D eigenvalue weighted by Gasteiger charge is 2.33. The van der Waals surface area contributed by atoms with Crippen LogP contribution in [0.25, 0.3) is 0 Å². The van der Waals surface area contributed by atoms with Crippen molar-refractivity contribution in [1.82, 2.24) is 10.0 Å². The molecule has 0 aromatic heterocycles. The molecule has 1 saturated heterocycles. The van der Waals surface area contributed by atoms with E-state index in [9.17, 15) is 18.3 Å². The zero-order valence-corrected chi connectivity index (χ0v) is 22.2. The second-order valence-electron chi connectivity index (χ2n) is 9.13. The molecule has 1 aliphatic heterocycles. The molecule has 0 bridgehead atoms. The third-order valence-corrected chi connectivity index (χ3v) is 7.82. The summed E-state index contributed by atoms with van der Waals surface area (Å²) in [4.78, 5) is 12.7. The highest BCUT2D eigenvalue weighted by atomic mass is 32.2. The number of carbonyl (C=O) groups excluding carboxylic acids is 1. The van der Waals surface area contributed by atoms with E-state index in [4.69, 9.17) is 19.5 Å². The Hall–Kier alpha value is -3.17. The minimum atomic E-state index is -4.02. The predicted molar refractivity (Wildman–Crippen MR) is 140 cm³/mol. The topological polar surface area (TPSA) is 147 Å². The minimum Gasteiger partial charge on any atom is -0.497 e. The van der Waals surface area contributed by atoms with Crippen molar-refractivity contribution in [1.29, 1.82) is 5.26 Å². The third kappa shape index (κ3) is 8.99. The van der Waals surface area contributed by atoms with E-state index in [1.807, 2.05) is 30.3 Å². The Balaban J connectivity index is 1.82. The number of ether oxygens (including phenoxy) is 3. The summed E-state index contributed by atoms with van der Waals surface area (Å²) in [6, 6.07) is 15.5. The molecule has 1 heterocycles. The van der Waals surface area contributed by atoms with Crippen LogP contribution >= 0.6 is 0 Å². The Kier molecular flexibility index (Phi) is 11.4. The Bertz CT molecular complexity index is 1150. The summed E-state index contributed by atoms with van der Waals surface area (Å²) in [6.07, 6.45) is 0.0815. The first kappa shape index (κ1) is 29.4. The van der Waals surface area contributed by atoms with Crippen LogP contribution in [0.3, 0.4) is 0 Å². The number of carbonyl (C=O) groups is 1. The van der Waals surface area contributed by atoms with Gasteiger partial charge in [0, 0.05) is 12.8 Å². The second-order valence-corrected chi connectivity index (χ2v) is 10.8. The quantitative estimate of drug-likeness (QED) is 0.307. The molecule has 10 nitrogen and oxygen atoms in total. The van der Waals surface area contributed by atoms with Crippen LogP contribution in [0.4, 0.5) is 4.79 Å². The standard InChI is InChI=1S/C27H35N3O7S/c1-35-21-11-13-23(14-12-21)38(33,34)30-24(10-6-3-7-16-28)26(31)25(18-20-8-4-2-5-9-20)29-27(32)37-22-15-17-36-19-22/h2,4-5,8-9,11-14,22,24-26,30-31H,3,6-7,10,15,17-19H2,1H3,(H,29,32)/t22-,24?,25-,26-/m0/s1. The predicted octanol–water partition coefficient (Wildman–Crippen LogP) is 2.91. The number of aliphatic hydroxyl groups is 1. The van der Waals surface area contributed by atoms with Crippen LogP contribution < -0.4 is 14.8 Å². The lowest BCUT2D eigenvalue weighted by Gasteiger charge is -2.31. The summed E-state index contributed by atoms with van der Waals surface area (Å²) in [7, 11) is -2.53. The molecule has 1 fully saturated rings. The lowest BCUT2D eigenvalue weighted by atomic mass is 9.94. The lowest BCUT2D eigenvalue weighted by molar-refractivity contribution is 0.0601. The molecule has 0 saturated carbocycles. The molecule has 11 heteroatoms. The van der Waals surface area contributed by atoms with Gasteiger partial charge in [-0.15, -0.1) is 0 Å². The van der Waals surface area contributed by atoms with E-state index < -0.39 is 34.3 Å². The summed E-state index contributed by atoms with van der Waals surface area (Å²) in [5.41, 5.74) is 0.849. The van der Waals surface area contributed by atoms with Crippen LogP contribution in [-0.2, 0) is 25.9 Å². The van der Waals surface area contributed by atoms with E-state index in [2.05, 4.69) is 16.1 Å². The van der Waals surface area contributed by atoms with Crippen LogP contribution in [0.2, 0.25) is 0 Å². The summed E-state index contributed by atoms with van der Waals surface area (Å²) in [6.45, 7) is 0.814. The number of amides is 1. The van der Waals surface area contributed by atoms with Crippen LogP contribution in [-0.4, -0.2) is 64.2 Å². The third-order valence-electron chi connectivity index (χ3n) is 6.32. The van der Waals surface area contributed by atoms with Gasteiger partial charge in [0.25, 0.3) is 0 Å². The Labute approximate surface area is 224 Å². The number of methoxy groups -OCH3 is 1. The summed E-state index contributed by atoms with van der Waals surface area (Å²) >= 11 is 0. The molecule has 0 aliphatic carbocycles. The molecule has 1 aliphatic rings. The molecular weight excluding hydrogens is 510 g/mol. The van der Waals surface area contributed by atoms with Gasteiger partial charge >= 0.3 is 6.09 Å². The highest BCUT2D eigenvalue weighted by molar-refractivity contribution is 7.89. The normalized spacial score (nSPS) is 17.7. The minimum absolute atomic E-state index is 0.0146. The molecule has 3 N–H and O–H groups in total. The number of hydrogen-bond donors (Lipinski definition) is 3. The van der Waals surface area contributed by atoms with E-state index in [0.29, 0.717) is 44.6 Å². The van der Waals surface area contributed by atoms with E-state index in [0.717, 1.165) is 5.56 Å². The molecule has 206 valence electrons. The SMILES string of the molecule is COc1ccc(S(=O)(=O)NC(CCCCC#N)[C@H](O)[C@H](Cc2ccccc2)NC(=O)O[C@H]2CCOC2)cc1. The Morgan fingerprint density at radius 1 is 1.16 bits per heavy atom. The highest BCUT2D eigenvalue weighted by Crippen LogP contribution is 2.20. The van der Waals surface area contributed by atoms with Crippen LogP contribution in [0.1, 0.15) is 37.7 Å². The summed E-state index contributed by atoms with van der Waals surface area (Å²) < 4.78 is 44.9. The fourth-order valence-corrected chi connectivity index (χ4v) is 5.52. The monoisotopic (exact) mass is 545 g/mol. The first-order valence-electron chi connectivity index (χ1n) is 12.6. The zero-order valence-electron chi connectivity index (χ0n) is 21.4. The van der Waals surface area contributed by atoms with Gasteiger partial charge in [-0.2, -0.15) is 5.26 Å². The molecule has 38 heavy (non-hydrogen) atoms. The number of unbranched alkanes of at least 4 members (excludes halogenated alkanes) is 2. The van der Waals surface area contributed by atoms with Crippen LogP contribution in [0.15, 0.2) is 59.5 Å². The van der Waals surface area contributed by atoms with E-state index >= 15 is 0 Å². The van der Waals surface area contributed by atoms with Gasteiger partial charge < -0.3 is 24.6 Å². The van der Waals surface area contributed by atoms with Crippen molar-refractivity contribution in [3.05, 3.63) is 60.2 Å². The van der Waals surface area contributed by atoms with Crippen molar-refractivity contribution in [3.8, 4) is 11.8 Å². The van der Waals surface area contributed by atoms with Crippen LogP contribution in [0.5, 0.6) is 5.75 Å². The Morgan fingerprint density at radius 2 is 1.89 bits per heavy atom. The number of nitrogens with zero attached hydrogens (tertiary/aromatic N) is 1. The second kappa shape index (κ2) is 14.7. The average molecular weight is 546 g/mol. The van der Waals surface area contributed by atoms with Gasteiger partial charge in [0.1, 0.15) is 11.9 Å². The van der Waals surface area contributed by atoms with Crippen molar-refractivity contribution in [2.24, 2.45) is 0 Å². The smallest absolute Gasteiger partial charge is 0.407 e. The van der Waals surface area contributed by atoms with Crippen molar-refractivity contribution in [3.63, 3.8) is 0 Å². The first-order valence-corrected chi connectivity index (χ1v) is 14.1. The van der Waals surface area contributed by atoms with Gasteiger partial charge in [0.05, 0.1) is 49.5 Å². The zero-order chi connectivity index (χ0) is 27.4. The average Bonchev–Trinajstić information content (AvgIpc) is 3.43. The van der Waals surface area contributed by atoms with Gasteiger partial charge in [0.2, 0.25) is 10.0 Å². The number of alkyl carbamates (subject to hydrolysis) is 1. The van der Waals surface area contributed by atoms with E-state index in [-0.39, 0.29) is 23.8 Å². The number of nitrogens with one attached hydrogen (secondary N) is 2. The van der Waals surface area contributed by atoms with Gasteiger partial charge in [-0.3, -0.25) is 0 Å². The Morgan fingerprint density at radius 3 is 2.53 bits per heavy atom. The maximum atomic E-state index is 13.2. The molecule has 1 unspecified atom stereocenters. The van der Waals surface area contributed by atoms with Crippen molar-refractivity contribution in [2.45, 2.75) is 67.7 Å². The van der Waals surface area contributed by atoms with Gasteiger partial charge in [-0.1, -0.05) is 36.8 Å². The molecular formula is C27H35N3O7S. The van der Waals surface area contributed by atoms with Crippen LogP contribution in [0, 0.1) is 11.3 Å². The first-order chi connectivity index (χ1) is 18.3. The number of sulfonamides is 1. The molecule has 0 radical (unpaired) electrons. The number of nitriles is 1. The number of hydrogen-bond acceptors (Lipinski definition) is 8. The van der Waals surface area contributed by atoms with Gasteiger partial charge in [0.15, 0.2) is 0 Å². The van der Waals surface area contributed by atoms with Crippen molar-refractivity contribution >= 4 is 16.1 Å². The van der Waals surface area contributed by atoms with Gasteiger partial charge in [-0.25, -0.2) is 17.9 Å². The van der Waals surface area contributed by atoms with Crippen molar-refractivity contribution < 1.29 is 32.5 Å². The molecule has 3 rings (SSSR count). The number of aliphatic hydroxyl groups excluding tert-OH is 1. The van der Waals surface area contributed by atoms with E-state index in [1.165, 1.54) is 31.4 Å². The maximum absolute atomic E-state index is 13.2. The number of benzene rings is 2. The summed E-state index contributed by atoms with van der Waals surface area (Å²) in [5.74, 6) is 0.510. The molecule has 2 aromatic carbocycles. The summed E-state index contributed by atoms with van der Waals surface area (Å²) in [5, 5.41) is 23.1. The fourth-order valence-electron chi connectivity index (χ4n) is 4.24. The van der Waals surface area contributed by atoms with Crippen molar-refractivity contribution in [2.75, 3.05) is 20.3 Å². The lowest BCUT2D eigenvalue weighted by Crippen LogP contribution is -2.55. The molecule has 2 aromatic rings. The van der Waals surface area contributed by atoms with E-state index in [1.54, 1.807) is 0 Å². The molecule has 4 atom stereocenters. The van der Waals surface area contributed by atoms with Gasteiger partial charge in [-0.05, 0) is 49.1 Å². The largest absolute Gasteiger partial charge is 0.497 e. The molecule has 0 spiro atoms. The number of rotatable bonds is 14. The maximum Gasteiger partial charge on any atom is 0.407 e. The fraction of sp³-hybridized carbons (Fsp3) is 0.481. The molecule has 1 amide bonds.